The van der Waals surface area contributed by atoms with Crippen molar-refractivity contribution in [2.75, 3.05) is 4.72 Å². The lowest BCUT2D eigenvalue weighted by Gasteiger charge is -2.05. The molecule has 0 amide bonds. The van der Waals surface area contributed by atoms with Gasteiger partial charge in [-0.25, -0.2) is 13.0 Å². The molecule has 114 valence electrons. The van der Waals surface area contributed by atoms with E-state index in [1.165, 1.54) is 0 Å². The maximum Gasteiger partial charge on any atom is 0.332 e. The third-order valence-corrected chi connectivity index (χ3v) is 4.73. The molecule has 0 bridgehead atoms. The van der Waals surface area contributed by atoms with Crippen molar-refractivity contribution in [1.82, 2.24) is 10.3 Å². The van der Waals surface area contributed by atoms with Crippen molar-refractivity contribution in [2.24, 2.45) is 0 Å². The standard InChI is InChI=1S/C10H10FN3O5S2/c1-2-9-10(13-19-12-9)14-21(17,18)8-5-3-7(4-6-8)20(11,15)16/h3-6H,2H2,1H3,(H,13,14). The first kappa shape index (κ1) is 15.4. The van der Waals surface area contributed by atoms with E-state index in [-0.39, 0.29) is 10.7 Å². The molecule has 2 rings (SSSR count). The summed E-state index contributed by atoms with van der Waals surface area (Å²) >= 11 is 0. The molecule has 1 heterocycles. The van der Waals surface area contributed by atoms with Gasteiger partial charge in [-0.1, -0.05) is 12.1 Å². The normalized spacial score (nSPS) is 12.3. The van der Waals surface area contributed by atoms with Crippen LogP contribution in [-0.4, -0.2) is 27.1 Å². The van der Waals surface area contributed by atoms with E-state index in [0.717, 1.165) is 24.3 Å². The first-order valence-electron chi connectivity index (χ1n) is 5.63. The van der Waals surface area contributed by atoms with Gasteiger partial charge in [0.15, 0.2) is 0 Å². The van der Waals surface area contributed by atoms with Crippen LogP contribution in [0.4, 0.5) is 9.70 Å². The first-order valence-corrected chi connectivity index (χ1v) is 8.49. The number of rotatable bonds is 5. The van der Waals surface area contributed by atoms with Crippen LogP contribution in [0.25, 0.3) is 0 Å². The number of nitrogens with one attached hydrogen (secondary N) is 1. The Morgan fingerprint density at radius 1 is 1.10 bits per heavy atom. The number of hydrogen-bond donors (Lipinski definition) is 1. The van der Waals surface area contributed by atoms with Gasteiger partial charge in [0.25, 0.3) is 10.0 Å². The largest absolute Gasteiger partial charge is 0.332 e. The number of aryl methyl sites for hydroxylation is 1. The van der Waals surface area contributed by atoms with Crippen LogP contribution in [-0.2, 0) is 26.7 Å². The number of sulfonamides is 1. The lowest BCUT2D eigenvalue weighted by atomic mass is 10.3. The SMILES string of the molecule is CCc1nonc1NS(=O)(=O)c1ccc(S(=O)(=O)F)cc1. The van der Waals surface area contributed by atoms with Gasteiger partial charge in [-0.2, -0.15) is 8.42 Å². The Balaban J connectivity index is 2.32. The molecule has 11 heteroatoms. The summed E-state index contributed by atoms with van der Waals surface area (Å²) in [5.41, 5.74) is 0.321. The third kappa shape index (κ3) is 3.36. The van der Waals surface area contributed by atoms with E-state index in [2.05, 4.69) is 19.7 Å². The van der Waals surface area contributed by atoms with E-state index in [4.69, 9.17) is 0 Å². The molecular weight excluding hydrogens is 325 g/mol. The Morgan fingerprint density at radius 3 is 2.19 bits per heavy atom. The molecule has 21 heavy (non-hydrogen) atoms. The summed E-state index contributed by atoms with van der Waals surface area (Å²) in [6, 6.07) is 3.64. The number of nitrogens with zero attached hydrogens (tertiary/aromatic N) is 2. The highest BCUT2D eigenvalue weighted by Crippen LogP contribution is 2.19. The van der Waals surface area contributed by atoms with Crippen molar-refractivity contribution in [3.8, 4) is 0 Å². The van der Waals surface area contributed by atoms with Gasteiger partial charge in [0.05, 0.1) is 9.79 Å². The average Bonchev–Trinajstić information content (AvgIpc) is 2.84. The molecule has 1 aromatic heterocycles. The minimum Gasteiger partial charge on any atom is -0.259 e. The highest BCUT2D eigenvalue weighted by molar-refractivity contribution is 7.92. The van der Waals surface area contributed by atoms with Crippen LogP contribution in [0.5, 0.6) is 0 Å². The maximum absolute atomic E-state index is 12.7. The Hall–Kier alpha value is -2.01. The van der Waals surface area contributed by atoms with Crippen LogP contribution in [0.15, 0.2) is 38.7 Å². The molecule has 0 aliphatic carbocycles. The summed E-state index contributed by atoms with van der Waals surface area (Å²) in [4.78, 5) is -0.876. The molecule has 0 spiro atoms. The minimum atomic E-state index is -4.88. The van der Waals surface area contributed by atoms with Gasteiger partial charge in [0.1, 0.15) is 5.69 Å². The van der Waals surface area contributed by atoms with Crippen LogP contribution in [0.2, 0.25) is 0 Å². The molecule has 0 aliphatic rings. The van der Waals surface area contributed by atoms with Crippen LogP contribution >= 0.6 is 0 Å². The fraction of sp³-hybridized carbons (Fsp3) is 0.200. The Kier molecular flexibility index (Phi) is 3.96. The van der Waals surface area contributed by atoms with Crippen LogP contribution in [0.1, 0.15) is 12.6 Å². The van der Waals surface area contributed by atoms with Gasteiger partial charge in [-0.3, -0.25) is 4.72 Å². The van der Waals surface area contributed by atoms with Crippen molar-refractivity contribution in [3.05, 3.63) is 30.0 Å². The molecule has 0 atom stereocenters. The molecule has 0 aliphatic heterocycles. The Labute approximate surface area is 120 Å². The average molecular weight is 335 g/mol. The number of hydrogen-bond acceptors (Lipinski definition) is 7. The molecule has 0 fully saturated rings. The van der Waals surface area contributed by atoms with E-state index >= 15 is 0 Å². The number of benzene rings is 1. The number of anilines is 1. The highest BCUT2D eigenvalue weighted by Gasteiger charge is 2.20. The molecule has 8 nitrogen and oxygen atoms in total. The van der Waals surface area contributed by atoms with Crippen LogP contribution < -0.4 is 4.72 Å². The second-order valence-corrected chi connectivity index (χ2v) is 6.96. The van der Waals surface area contributed by atoms with E-state index in [1.807, 2.05) is 0 Å². The fourth-order valence-electron chi connectivity index (χ4n) is 1.48. The number of aromatic nitrogens is 2. The lowest BCUT2D eigenvalue weighted by Crippen LogP contribution is -2.14. The molecule has 0 saturated carbocycles. The van der Waals surface area contributed by atoms with Gasteiger partial charge in [0, 0.05) is 0 Å². The molecular formula is C10H10FN3O5S2. The van der Waals surface area contributed by atoms with Gasteiger partial charge >= 0.3 is 10.2 Å². The van der Waals surface area contributed by atoms with Gasteiger partial charge in [0.2, 0.25) is 5.82 Å². The van der Waals surface area contributed by atoms with Crippen molar-refractivity contribution in [3.63, 3.8) is 0 Å². The Bertz CT molecular complexity index is 843. The topological polar surface area (TPSA) is 119 Å². The second-order valence-electron chi connectivity index (χ2n) is 3.93. The fourth-order valence-corrected chi connectivity index (χ4v) is 2.97. The van der Waals surface area contributed by atoms with Crippen molar-refractivity contribution in [1.29, 1.82) is 0 Å². The van der Waals surface area contributed by atoms with Gasteiger partial charge in [-0.05, 0) is 35.8 Å². The maximum atomic E-state index is 12.7. The van der Waals surface area contributed by atoms with Crippen molar-refractivity contribution >= 4 is 26.1 Å². The zero-order valence-electron chi connectivity index (χ0n) is 10.6. The zero-order valence-corrected chi connectivity index (χ0v) is 12.3. The summed E-state index contributed by atoms with van der Waals surface area (Å²) in [5.74, 6) is -0.0558. The molecule has 0 unspecified atom stereocenters. The van der Waals surface area contributed by atoms with Crippen molar-refractivity contribution in [2.45, 2.75) is 23.1 Å². The van der Waals surface area contributed by atoms with E-state index < -0.39 is 25.1 Å². The predicted octanol–water partition coefficient (Wildman–Crippen LogP) is 1.09. The first-order chi connectivity index (χ1) is 9.74. The van der Waals surface area contributed by atoms with E-state index in [9.17, 15) is 20.7 Å². The highest BCUT2D eigenvalue weighted by atomic mass is 32.3. The monoisotopic (exact) mass is 335 g/mol. The van der Waals surface area contributed by atoms with Gasteiger partial charge < -0.3 is 0 Å². The van der Waals surface area contributed by atoms with E-state index in [0.29, 0.717) is 12.1 Å². The smallest absolute Gasteiger partial charge is 0.259 e. The summed E-state index contributed by atoms with van der Waals surface area (Å²) < 4.78 is 64.8. The third-order valence-electron chi connectivity index (χ3n) is 2.54. The Morgan fingerprint density at radius 2 is 1.67 bits per heavy atom. The summed E-state index contributed by atoms with van der Waals surface area (Å²) in [5, 5.41) is 6.94. The molecule has 1 N–H and O–H groups in total. The van der Waals surface area contributed by atoms with Crippen LogP contribution in [0, 0.1) is 0 Å². The second kappa shape index (κ2) is 5.41. The number of halogens is 1. The molecule has 1 aromatic carbocycles. The summed E-state index contributed by atoms with van der Waals surface area (Å²) in [7, 11) is -8.89. The predicted molar refractivity (Wildman–Crippen MR) is 69.2 cm³/mol. The van der Waals surface area contributed by atoms with Gasteiger partial charge in [-0.15, -0.1) is 3.89 Å². The summed E-state index contributed by atoms with van der Waals surface area (Å²) in [6.07, 6.45) is 0.403. The van der Waals surface area contributed by atoms with Crippen molar-refractivity contribution < 1.29 is 25.4 Å². The minimum absolute atomic E-state index is 0.0558. The molecule has 0 saturated heterocycles. The zero-order chi connectivity index (χ0) is 15.7. The van der Waals surface area contributed by atoms with Crippen LogP contribution in [0.3, 0.4) is 0 Å². The van der Waals surface area contributed by atoms with E-state index in [1.54, 1.807) is 6.92 Å². The quantitative estimate of drug-likeness (QED) is 0.812. The summed E-state index contributed by atoms with van der Waals surface area (Å²) in [6.45, 7) is 1.73. The molecule has 0 radical (unpaired) electrons. The lowest BCUT2D eigenvalue weighted by molar-refractivity contribution is 0.305. The molecule has 2 aromatic rings.